The Labute approximate surface area is 126 Å². The average Bonchev–Trinajstić information content (AvgIpc) is 2.87. The molecule has 0 aliphatic rings. The number of halogens is 1. The summed E-state index contributed by atoms with van der Waals surface area (Å²) < 4.78 is 4.99. The van der Waals surface area contributed by atoms with E-state index >= 15 is 0 Å². The molecule has 2 N–H and O–H groups in total. The van der Waals surface area contributed by atoms with Crippen molar-refractivity contribution in [3.05, 3.63) is 53.5 Å². The van der Waals surface area contributed by atoms with Crippen LogP contribution < -0.4 is 10.6 Å². The predicted molar refractivity (Wildman–Crippen MR) is 81.3 cm³/mol. The lowest BCUT2D eigenvalue weighted by Gasteiger charge is -2.08. The highest BCUT2D eigenvalue weighted by molar-refractivity contribution is 6.33. The number of aryl methyl sites for hydroxylation is 1. The molecule has 0 amide bonds. The van der Waals surface area contributed by atoms with Gasteiger partial charge in [0.15, 0.2) is 5.82 Å². The zero-order valence-electron chi connectivity index (χ0n) is 11.2. The van der Waals surface area contributed by atoms with E-state index < -0.39 is 0 Å². The van der Waals surface area contributed by atoms with Gasteiger partial charge in [-0.25, -0.2) is 9.97 Å². The molecule has 2 aromatic heterocycles. The summed E-state index contributed by atoms with van der Waals surface area (Å²) in [6, 6.07) is 11.0. The molecule has 6 nitrogen and oxygen atoms in total. The summed E-state index contributed by atoms with van der Waals surface area (Å²) in [6.45, 7) is 1.82. The molecule has 0 fully saturated rings. The van der Waals surface area contributed by atoms with Crippen molar-refractivity contribution in [3.8, 4) is 0 Å². The second kappa shape index (κ2) is 5.80. The number of para-hydroxylation sites is 1. The Morgan fingerprint density at radius 3 is 2.48 bits per heavy atom. The molecule has 0 bridgehead atoms. The molecule has 2 heterocycles. The predicted octanol–water partition coefficient (Wildman–Crippen LogP) is 3.91. The van der Waals surface area contributed by atoms with Gasteiger partial charge in [-0.3, -0.25) is 0 Å². The van der Waals surface area contributed by atoms with Crippen LogP contribution in [0.2, 0.25) is 5.02 Å². The monoisotopic (exact) mass is 301 g/mol. The fraction of sp³-hybridized carbons (Fsp3) is 0.0714. The second-order valence-electron chi connectivity index (χ2n) is 4.34. The molecule has 3 aromatic rings. The first-order valence-electron chi connectivity index (χ1n) is 6.24. The van der Waals surface area contributed by atoms with Crippen LogP contribution in [0, 0.1) is 6.92 Å². The number of nitrogens with one attached hydrogen (secondary N) is 2. The van der Waals surface area contributed by atoms with E-state index in [1.54, 1.807) is 12.1 Å². The lowest BCUT2D eigenvalue weighted by molar-refractivity contribution is 0.400. The lowest BCUT2D eigenvalue weighted by atomic mass is 10.3. The van der Waals surface area contributed by atoms with Crippen molar-refractivity contribution in [1.82, 2.24) is 15.1 Å². The molecule has 0 radical (unpaired) electrons. The molecular weight excluding hydrogens is 290 g/mol. The first kappa shape index (κ1) is 13.4. The van der Waals surface area contributed by atoms with Gasteiger partial charge in [0.05, 0.1) is 10.7 Å². The molecule has 0 aliphatic heterocycles. The van der Waals surface area contributed by atoms with Gasteiger partial charge in [-0.05, 0) is 19.1 Å². The Balaban J connectivity index is 1.78. The number of benzene rings is 1. The maximum Gasteiger partial charge on any atom is 0.175 e. The van der Waals surface area contributed by atoms with Crippen LogP contribution in [0.15, 0.2) is 47.2 Å². The van der Waals surface area contributed by atoms with Crippen molar-refractivity contribution in [2.24, 2.45) is 0 Å². The van der Waals surface area contributed by atoms with Gasteiger partial charge in [-0.15, -0.1) is 0 Å². The second-order valence-corrected chi connectivity index (χ2v) is 4.75. The SMILES string of the molecule is Cc1cc(Nc2cc(Nc3ccccc3Cl)ncn2)no1. The smallest absolute Gasteiger partial charge is 0.175 e. The lowest BCUT2D eigenvalue weighted by Crippen LogP contribution is -1.98. The topological polar surface area (TPSA) is 75.9 Å². The highest BCUT2D eigenvalue weighted by Crippen LogP contribution is 2.24. The van der Waals surface area contributed by atoms with Crippen molar-refractivity contribution in [1.29, 1.82) is 0 Å². The van der Waals surface area contributed by atoms with E-state index in [1.165, 1.54) is 6.33 Å². The minimum Gasteiger partial charge on any atom is -0.360 e. The van der Waals surface area contributed by atoms with Crippen molar-refractivity contribution >= 4 is 34.7 Å². The third-order valence-electron chi connectivity index (χ3n) is 2.69. The Morgan fingerprint density at radius 1 is 1.00 bits per heavy atom. The summed E-state index contributed by atoms with van der Waals surface area (Å²) in [5, 5.41) is 10.6. The molecule has 0 saturated heterocycles. The standard InChI is InChI=1S/C14H12ClN5O/c1-9-6-14(20-21-9)19-13-7-12(16-8-17-13)18-11-5-3-2-4-10(11)15/h2-8H,1H3,(H2,16,17,18,19,20). The Kier molecular flexibility index (Phi) is 3.70. The van der Waals surface area contributed by atoms with E-state index in [-0.39, 0.29) is 0 Å². The number of hydrogen-bond acceptors (Lipinski definition) is 6. The van der Waals surface area contributed by atoms with Gasteiger partial charge in [0.25, 0.3) is 0 Å². The van der Waals surface area contributed by atoms with E-state index in [4.69, 9.17) is 16.1 Å². The maximum atomic E-state index is 6.10. The van der Waals surface area contributed by atoms with Gasteiger partial charge in [0, 0.05) is 12.1 Å². The molecule has 0 atom stereocenters. The molecule has 3 rings (SSSR count). The van der Waals surface area contributed by atoms with E-state index in [0.29, 0.717) is 22.5 Å². The van der Waals surface area contributed by atoms with Crippen LogP contribution in [0.3, 0.4) is 0 Å². The van der Waals surface area contributed by atoms with E-state index in [2.05, 4.69) is 25.8 Å². The quantitative estimate of drug-likeness (QED) is 0.761. The number of hydrogen-bond donors (Lipinski definition) is 2. The summed E-state index contributed by atoms with van der Waals surface area (Å²) in [7, 11) is 0. The first-order chi connectivity index (χ1) is 10.2. The van der Waals surface area contributed by atoms with Gasteiger partial charge in [0.1, 0.15) is 23.7 Å². The van der Waals surface area contributed by atoms with E-state index in [9.17, 15) is 0 Å². The molecule has 0 saturated carbocycles. The number of aromatic nitrogens is 3. The van der Waals surface area contributed by atoms with E-state index in [0.717, 1.165) is 11.4 Å². The van der Waals surface area contributed by atoms with Gasteiger partial charge >= 0.3 is 0 Å². The molecule has 0 unspecified atom stereocenters. The van der Waals surface area contributed by atoms with Crippen molar-refractivity contribution in [2.45, 2.75) is 6.92 Å². The zero-order valence-corrected chi connectivity index (χ0v) is 11.9. The highest BCUT2D eigenvalue weighted by Gasteiger charge is 2.05. The fourth-order valence-corrected chi connectivity index (χ4v) is 1.93. The fourth-order valence-electron chi connectivity index (χ4n) is 1.75. The molecule has 21 heavy (non-hydrogen) atoms. The van der Waals surface area contributed by atoms with Crippen LogP contribution in [0.4, 0.5) is 23.1 Å². The summed E-state index contributed by atoms with van der Waals surface area (Å²) in [6.07, 6.45) is 1.45. The molecule has 106 valence electrons. The molecule has 1 aromatic carbocycles. The molecule has 0 spiro atoms. The Hall–Kier alpha value is -2.60. The number of nitrogens with zero attached hydrogens (tertiary/aromatic N) is 3. The summed E-state index contributed by atoms with van der Waals surface area (Å²) in [5.41, 5.74) is 0.779. The van der Waals surface area contributed by atoms with Crippen LogP contribution in [0.1, 0.15) is 5.76 Å². The average molecular weight is 302 g/mol. The van der Waals surface area contributed by atoms with Crippen molar-refractivity contribution in [3.63, 3.8) is 0 Å². The summed E-state index contributed by atoms with van der Waals surface area (Å²) in [5.74, 6) is 2.55. The van der Waals surface area contributed by atoms with Gasteiger partial charge in [-0.1, -0.05) is 28.9 Å². The van der Waals surface area contributed by atoms with Crippen LogP contribution in [0.25, 0.3) is 0 Å². The van der Waals surface area contributed by atoms with Gasteiger partial charge < -0.3 is 15.2 Å². The van der Waals surface area contributed by atoms with E-state index in [1.807, 2.05) is 31.2 Å². The highest BCUT2D eigenvalue weighted by atomic mass is 35.5. The zero-order chi connectivity index (χ0) is 14.7. The van der Waals surface area contributed by atoms with Gasteiger partial charge in [-0.2, -0.15) is 0 Å². The van der Waals surface area contributed by atoms with Crippen molar-refractivity contribution < 1.29 is 4.52 Å². The largest absolute Gasteiger partial charge is 0.360 e. The minimum atomic E-state index is 0.592. The van der Waals surface area contributed by atoms with Gasteiger partial charge in [0.2, 0.25) is 0 Å². The summed E-state index contributed by atoms with van der Waals surface area (Å²) in [4.78, 5) is 8.29. The Morgan fingerprint density at radius 2 is 1.76 bits per heavy atom. The van der Waals surface area contributed by atoms with Crippen LogP contribution in [0.5, 0.6) is 0 Å². The van der Waals surface area contributed by atoms with Crippen LogP contribution in [-0.2, 0) is 0 Å². The maximum absolute atomic E-state index is 6.10. The molecule has 0 aliphatic carbocycles. The third-order valence-corrected chi connectivity index (χ3v) is 3.02. The minimum absolute atomic E-state index is 0.592. The molecular formula is C14H12ClN5O. The first-order valence-corrected chi connectivity index (χ1v) is 6.62. The number of rotatable bonds is 4. The normalized spacial score (nSPS) is 10.4. The summed E-state index contributed by atoms with van der Waals surface area (Å²) >= 11 is 6.10. The molecule has 7 heteroatoms. The number of anilines is 4. The Bertz CT molecular complexity index is 758. The van der Waals surface area contributed by atoms with Crippen LogP contribution >= 0.6 is 11.6 Å². The third kappa shape index (κ3) is 3.29. The van der Waals surface area contributed by atoms with Crippen LogP contribution in [-0.4, -0.2) is 15.1 Å². The van der Waals surface area contributed by atoms with Crippen molar-refractivity contribution in [2.75, 3.05) is 10.6 Å².